The lowest BCUT2D eigenvalue weighted by Gasteiger charge is -2.36. The van der Waals surface area contributed by atoms with Crippen molar-refractivity contribution in [3.8, 4) is 0 Å². The normalized spacial score (nSPS) is 20.6. The van der Waals surface area contributed by atoms with E-state index >= 15 is 0 Å². The number of carbonyl (C=O) groups excluding carboxylic acids is 1. The first-order valence-electron chi connectivity index (χ1n) is 8.57. The van der Waals surface area contributed by atoms with E-state index in [0.717, 1.165) is 26.1 Å². The molecule has 0 unspecified atom stereocenters. The maximum absolute atomic E-state index is 12.3. The van der Waals surface area contributed by atoms with Crippen LogP contribution in [0.2, 0.25) is 0 Å². The van der Waals surface area contributed by atoms with Gasteiger partial charge in [-0.05, 0) is 65.6 Å². The fraction of sp³-hybridized carbons (Fsp3) is 0.722. The number of rotatable bonds is 4. The van der Waals surface area contributed by atoms with Gasteiger partial charge in [0, 0.05) is 37.6 Å². The second-order valence-corrected chi connectivity index (χ2v) is 7.68. The molecule has 5 heteroatoms. The minimum Gasteiger partial charge on any atom is -0.444 e. The molecule has 1 N–H and O–H groups in total. The molecular formula is C18H31N3O2. The number of hydrogen-bond acceptors (Lipinski definition) is 3. The van der Waals surface area contributed by atoms with Crippen molar-refractivity contribution in [1.29, 1.82) is 0 Å². The zero-order valence-electron chi connectivity index (χ0n) is 15.1. The number of piperidine rings is 1. The average Bonchev–Trinajstić information content (AvgIpc) is 2.99. The summed E-state index contributed by atoms with van der Waals surface area (Å²) in [6.45, 7) is 10.5. The van der Waals surface area contributed by atoms with Gasteiger partial charge in [0.15, 0.2) is 0 Å². The van der Waals surface area contributed by atoms with Crippen LogP contribution in [0.3, 0.4) is 0 Å². The Morgan fingerprint density at radius 3 is 2.87 bits per heavy atom. The lowest BCUT2D eigenvalue weighted by atomic mass is 9.97. The summed E-state index contributed by atoms with van der Waals surface area (Å²) in [6, 6.07) is 4.50. The molecule has 1 aliphatic heterocycles. The second-order valence-electron chi connectivity index (χ2n) is 7.68. The van der Waals surface area contributed by atoms with Crippen LogP contribution in [0.1, 0.15) is 52.3 Å². The number of likely N-dealkylation sites (tertiary alicyclic amines) is 1. The summed E-state index contributed by atoms with van der Waals surface area (Å²) >= 11 is 0. The fourth-order valence-electron chi connectivity index (χ4n) is 3.11. The van der Waals surface area contributed by atoms with E-state index in [4.69, 9.17) is 4.74 Å². The van der Waals surface area contributed by atoms with E-state index in [1.807, 2.05) is 37.9 Å². The maximum atomic E-state index is 12.3. The number of nitrogens with one attached hydrogen (secondary N) is 1. The molecule has 23 heavy (non-hydrogen) atoms. The molecule has 130 valence electrons. The molecule has 2 rings (SSSR count). The third-order valence-corrected chi connectivity index (χ3v) is 4.45. The van der Waals surface area contributed by atoms with Crippen molar-refractivity contribution < 1.29 is 9.53 Å². The Balaban J connectivity index is 1.87. The van der Waals surface area contributed by atoms with Crippen LogP contribution in [-0.2, 0) is 4.74 Å². The highest BCUT2D eigenvalue weighted by Gasteiger charge is 2.28. The molecule has 1 amide bonds. The Morgan fingerprint density at radius 2 is 2.26 bits per heavy atom. The Kier molecular flexibility index (Phi) is 5.74. The number of carbonyl (C=O) groups is 1. The van der Waals surface area contributed by atoms with Gasteiger partial charge in [0.1, 0.15) is 5.60 Å². The molecular weight excluding hydrogens is 290 g/mol. The first-order valence-corrected chi connectivity index (χ1v) is 8.57. The molecule has 0 aliphatic carbocycles. The molecule has 1 saturated heterocycles. The summed E-state index contributed by atoms with van der Waals surface area (Å²) in [4.78, 5) is 19.8. The van der Waals surface area contributed by atoms with Crippen molar-refractivity contribution in [2.45, 2.75) is 52.2 Å². The summed E-state index contributed by atoms with van der Waals surface area (Å²) in [6.07, 6.45) is 4.00. The first-order chi connectivity index (χ1) is 10.8. The highest BCUT2D eigenvalue weighted by molar-refractivity contribution is 5.68. The summed E-state index contributed by atoms with van der Waals surface area (Å²) in [5, 5.41) is 0. The summed E-state index contributed by atoms with van der Waals surface area (Å²) in [5.41, 5.74) is 0.801. The Morgan fingerprint density at radius 1 is 1.52 bits per heavy atom. The largest absolute Gasteiger partial charge is 0.444 e. The second kappa shape index (κ2) is 7.39. The van der Waals surface area contributed by atoms with E-state index in [1.165, 1.54) is 12.1 Å². The lowest BCUT2D eigenvalue weighted by Crippen LogP contribution is -2.45. The third kappa shape index (κ3) is 5.27. The number of amides is 1. The highest BCUT2D eigenvalue weighted by atomic mass is 16.6. The molecule has 0 aromatic carbocycles. The average molecular weight is 321 g/mol. The molecule has 1 fully saturated rings. The van der Waals surface area contributed by atoms with Crippen LogP contribution >= 0.6 is 0 Å². The highest BCUT2D eigenvalue weighted by Crippen LogP contribution is 2.23. The molecule has 0 bridgehead atoms. The smallest absolute Gasteiger partial charge is 0.410 e. The van der Waals surface area contributed by atoms with E-state index in [9.17, 15) is 4.79 Å². The van der Waals surface area contributed by atoms with Gasteiger partial charge in [-0.3, -0.25) is 4.90 Å². The zero-order chi connectivity index (χ0) is 17.0. The zero-order valence-corrected chi connectivity index (χ0v) is 15.1. The number of nitrogens with zero attached hydrogens (tertiary/aromatic N) is 2. The van der Waals surface area contributed by atoms with E-state index in [-0.39, 0.29) is 6.09 Å². The molecule has 0 saturated carbocycles. The topological polar surface area (TPSA) is 48.6 Å². The van der Waals surface area contributed by atoms with Crippen molar-refractivity contribution in [2.75, 3.05) is 26.7 Å². The van der Waals surface area contributed by atoms with Gasteiger partial charge in [-0.15, -0.1) is 0 Å². The Bertz CT molecular complexity index is 493. The lowest BCUT2D eigenvalue weighted by molar-refractivity contribution is 0.0142. The van der Waals surface area contributed by atoms with E-state index in [1.54, 1.807) is 0 Å². The molecule has 1 aromatic rings. The van der Waals surface area contributed by atoms with Gasteiger partial charge in [0.05, 0.1) is 0 Å². The van der Waals surface area contributed by atoms with Gasteiger partial charge in [-0.2, -0.15) is 0 Å². The molecule has 1 aromatic heterocycles. The number of hydrogen-bond donors (Lipinski definition) is 1. The monoisotopic (exact) mass is 321 g/mol. The van der Waals surface area contributed by atoms with Crippen molar-refractivity contribution in [3.05, 3.63) is 24.0 Å². The van der Waals surface area contributed by atoms with Gasteiger partial charge in [-0.25, -0.2) is 4.79 Å². The number of aromatic amines is 1. The number of H-pyrrole nitrogens is 1. The van der Waals surface area contributed by atoms with Gasteiger partial charge in [-0.1, -0.05) is 0 Å². The minimum absolute atomic E-state index is 0.178. The standard InChI is InChI=1S/C18H31N3O2/c1-14(16-9-6-10-19-16)20(5)12-15-8-7-11-21(13-15)17(22)23-18(2,3)4/h6,9-10,14-15,19H,7-8,11-13H2,1-5H3/t14-,15+/m1/s1. The SMILES string of the molecule is C[C@H](c1ccc[nH]1)N(C)C[C@@H]1CCCN(C(=O)OC(C)(C)C)C1. The van der Waals surface area contributed by atoms with Crippen molar-refractivity contribution in [2.24, 2.45) is 5.92 Å². The molecule has 5 nitrogen and oxygen atoms in total. The summed E-state index contributed by atoms with van der Waals surface area (Å²) < 4.78 is 5.51. The van der Waals surface area contributed by atoms with Crippen LogP contribution in [0.4, 0.5) is 4.79 Å². The van der Waals surface area contributed by atoms with Gasteiger partial charge >= 0.3 is 6.09 Å². The van der Waals surface area contributed by atoms with Crippen LogP contribution in [-0.4, -0.2) is 53.2 Å². The van der Waals surface area contributed by atoms with Crippen LogP contribution < -0.4 is 0 Å². The predicted molar refractivity (Wildman–Crippen MR) is 92.4 cm³/mol. The van der Waals surface area contributed by atoms with E-state index < -0.39 is 5.60 Å². The van der Waals surface area contributed by atoms with Crippen LogP contribution in [0.15, 0.2) is 18.3 Å². The predicted octanol–water partition coefficient (Wildman–Crippen LogP) is 3.65. The van der Waals surface area contributed by atoms with Crippen molar-refractivity contribution in [3.63, 3.8) is 0 Å². The van der Waals surface area contributed by atoms with Gasteiger partial charge in [0.2, 0.25) is 0 Å². The first kappa shape index (κ1) is 17.9. The molecule has 2 atom stereocenters. The number of aromatic nitrogens is 1. The number of ether oxygens (including phenoxy) is 1. The van der Waals surface area contributed by atoms with Gasteiger partial charge < -0.3 is 14.6 Å². The Hall–Kier alpha value is -1.49. The molecule has 1 aliphatic rings. The van der Waals surface area contributed by atoms with E-state index in [0.29, 0.717) is 12.0 Å². The third-order valence-electron chi connectivity index (χ3n) is 4.45. The van der Waals surface area contributed by atoms with Crippen LogP contribution in [0, 0.1) is 5.92 Å². The fourth-order valence-corrected chi connectivity index (χ4v) is 3.11. The quantitative estimate of drug-likeness (QED) is 0.921. The summed E-state index contributed by atoms with van der Waals surface area (Å²) in [5.74, 6) is 0.499. The molecule has 0 radical (unpaired) electrons. The Labute approximate surface area is 140 Å². The molecule has 0 spiro atoms. The molecule has 2 heterocycles. The summed E-state index contributed by atoms with van der Waals surface area (Å²) in [7, 11) is 2.15. The van der Waals surface area contributed by atoms with Crippen LogP contribution in [0.5, 0.6) is 0 Å². The van der Waals surface area contributed by atoms with Crippen molar-refractivity contribution >= 4 is 6.09 Å². The van der Waals surface area contributed by atoms with Gasteiger partial charge in [0.25, 0.3) is 0 Å². The maximum Gasteiger partial charge on any atom is 0.410 e. The van der Waals surface area contributed by atoms with E-state index in [2.05, 4.69) is 29.9 Å². The van der Waals surface area contributed by atoms with Crippen LogP contribution in [0.25, 0.3) is 0 Å². The minimum atomic E-state index is -0.428. The van der Waals surface area contributed by atoms with Crippen molar-refractivity contribution in [1.82, 2.24) is 14.8 Å².